The molecule has 19 heavy (non-hydrogen) atoms. The zero-order chi connectivity index (χ0) is 15.1. The van der Waals surface area contributed by atoms with E-state index in [1.807, 2.05) is 34.7 Å². The normalized spacial score (nSPS) is 23.4. The lowest BCUT2D eigenvalue weighted by Gasteiger charge is -2.22. The van der Waals surface area contributed by atoms with Crippen molar-refractivity contribution >= 4 is 12.4 Å². The predicted molar refractivity (Wildman–Crippen MR) is 74.0 cm³/mol. The Morgan fingerprint density at radius 1 is 1.47 bits per heavy atom. The summed E-state index contributed by atoms with van der Waals surface area (Å²) >= 11 is 0. The van der Waals surface area contributed by atoms with Crippen molar-refractivity contribution in [2.75, 3.05) is 20.1 Å². The van der Waals surface area contributed by atoms with Gasteiger partial charge in [-0.25, -0.2) is 0 Å². The SMILES string of the molecule is CC(C)(C)OC=O.CCCC1(C(=O)O)CCN(C)C1. The second-order valence-corrected chi connectivity index (χ2v) is 6.15. The molecule has 0 saturated carbocycles. The van der Waals surface area contributed by atoms with Gasteiger partial charge in [-0.05, 0) is 47.2 Å². The Morgan fingerprint density at radius 3 is 2.26 bits per heavy atom. The van der Waals surface area contributed by atoms with Gasteiger partial charge in [0.25, 0.3) is 6.47 Å². The van der Waals surface area contributed by atoms with E-state index in [4.69, 9.17) is 5.11 Å². The van der Waals surface area contributed by atoms with Crippen molar-refractivity contribution in [3.8, 4) is 0 Å². The zero-order valence-corrected chi connectivity index (χ0v) is 12.7. The topological polar surface area (TPSA) is 66.8 Å². The van der Waals surface area contributed by atoms with Crippen molar-refractivity contribution in [1.29, 1.82) is 0 Å². The van der Waals surface area contributed by atoms with Gasteiger partial charge in [0, 0.05) is 6.54 Å². The first-order valence-corrected chi connectivity index (χ1v) is 6.70. The van der Waals surface area contributed by atoms with Gasteiger partial charge in [0.2, 0.25) is 0 Å². The van der Waals surface area contributed by atoms with Gasteiger partial charge in [-0.1, -0.05) is 13.3 Å². The van der Waals surface area contributed by atoms with Gasteiger partial charge in [-0.2, -0.15) is 0 Å². The van der Waals surface area contributed by atoms with Crippen LogP contribution in [0, 0.1) is 5.41 Å². The maximum atomic E-state index is 11.0. The molecule has 1 fully saturated rings. The highest BCUT2D eigenvalue weighted by Crippen LogP contribution is 2.34. The van der Waals surface area contributed by atoms with Gasteiger partial charge in [0.1, 0.15) is 5.60 Å². The molecule has 0 aromatic carbocycles. The summed E-state index contributed by atoms with van der Waals surface area (Å²) in [5, 5.41) is 9.09. The first-order valence-electron chi connectivity index (χ1n) is 6.70. The van der Waals surface area contributed by atoms with Crippen LogP contribution in [0.2, 0.25) is 0 Å². The number of rotatable bonds is 4. The van der Waals surface area contributed by atoms with Gasteiger partial charge in [0.05, 0.1) is 5.41 Å². The van der Waals surface area contributed by atoms with Gasteiger partial charge >= 0.3 is 5.97 Å². The molecular formula is C14H27NO4. The highest BCUT2D eigenvalue weighted by molar-refractivity contribution is 5.75. The van der Waals surface area contributed by atoms with E-state index < -0.39 is 11.4 Å². The second-order valence-electron chi connectivity index (χ2n) is 6.15. The number of aliphatic carboxylic acids is 1. The number of hydrogen-bond donors (Lipinski definition) is 1. The van der Waals surface area contributed by atoms with E-state index in [1.54, 1.807) is 0 Å². The van der Waals surface area contributed by atoms with E-state index in [9.17, 15) is 9.59 Å². The minimum atomic E-state index is -0.617. The lowest BCUT2D eigenvalue weighted by atomic mass is 9.83. The number of nitrogens with zero attached hydrogens (tertiary/aromatic N) is 1. The van der Waals surface area contributed by atoms with Crippen molar-refractivity contribution in [3.63, 3.8) is 0 Å². The summed E-state index contributed by atoms with van der Waals surface area (Å²) in [5.41, 5.74) is -0.759. The highest BCUT2D eigenvalue weighted by Gasteiger charge is 2.42. The van der Waals surface area contributed by atoms with Crippen LogP contribution in [0.25, 0.3) is 0 Å². The van der Waals surface area contributed by atoms with E-state index in [-0.39, 0.29) is 5.60 Å². The van der Waals surface area contributed by atoms with Crippen molar-refractivity contribution in [1.82, 2.24) is 4.90 Å². The van der Waals surface area contributed by atoms with Crippen LogP contribution in [-0.4, -0.2) is 48.2 Å². The van der Waals surface area contributed by atoms with Crippen LogP contribution >= 0.6 is 0 Å². The molecule has 1 atom stereocenters. The zero-order valence-electron chi connectivity index (χ0n) is 12.7. The van der Waals surface area contributed by atoms with Crippen molar-refractivity contribution in [2.45, 2.75) is 52.6 Å². The fourth-order valence-electron chi connectivity index (χ4n) is 2.19. The molecule has 5 nitrogen and oxygen atoms in total. The van der Waals surface area contributed by atoms with Crippen molar-refractivity contribution in [3.05, 3.63) is 0 Å². The summed E-state index contributed by atoms with van der Waals surface area (Å²) in [7, 11) is 1.99. The Kier molecular flexibility index (Phi) is 7.05. The van der Waals surface area contributed by atoms with Gasteiger partial charge in [0.15, 0.2) is 0 Å². The molecule has 1 rings (SSSR count). The molecule has 0 spiro atoms. The monoisotopic (exact) mass is 273 g/mol. The molecule has 1 heterocycles. The quantitative estimate of drug-likeness (QED) is 0.795. The van der Waals surface area contributed by atoms with E-state index in [2.05, 4.69) is 9.64 Å². The largest absolute Gasteiger partial charge is 0.481 e. The van der Waals surface area contributed by atoms with E-state index in [0.29, 0.717) is 6.47 Å². The molecule has 1 unspecified atom stereocenters. The number of carbonyl (C=O) groups is 2. The Labute approximate surface area is 115 Å². The molecule has 0 radical (unpaired) electrons. The molecule has 112 valence electrons. The van der Waals surface area contributed by atoms with Crippen LogP contribution in [0.3, 0.4) is 0 Å². The third-order valence-electron chi connectivity index (χ3n) is 3.13. The molecule has 1 aliphatic rings. The molecule has 0 bridgehead atoms. The molecule has 0 aliphatic carbocycles. The van der Waals surface area contributed by atoms with Gasteiger partial charge in [-0.3, -0.25) is 9.59 Å². The molecular weight excluding hydrogens is 246 g/mol. The lowest BCUT2D eigenvalue weighted by Crippen LogP contribution is -2.33. The number of hydrogen-bond acceptors (Lipinski definition) is 4. The second kappa shape index (κ2) is 7.48. The molecule has 5 heteroatoms. The summed E-state index contributed by atoms with van der Waals surface area (Å²) < 4.78 is 4.55. The third-order valence-corrected chi connectivity index (χ3v) is 3.13. The third kappa shape index (κ3) is 6.57. The number of carboxylic acid groups (broad SMARTS) is 1. The average Bonchev–Trinajstić information content (AvgIpc) is 2.61. The summed E-state index contributed by atoms with van der Waals surface area (Å²) in [5.74, 6) is -0.617. The van der Waals surface area contributed by atoms with Crippen LogP contribution in [-0.2, 0) is 14.3 Å². The van der Waals surface area contributed by atoms with Crippen molar-refractivity contribution in [2.24, 2.45) is 5.41 Å². The molecule has 1 N–H and O–H groups in total. The van der Waals surface area contributed by atoms with Crippen LogP contribution in [0.4, 0.5) is 0 Å². The van der Waals surface area contributed by atoms with Crippen LogP contribution in [0.15, 0.2) is 0 Å². The summed E-state index contributed by atoms with van der Waals surface area (Å²) in [4.78, 5) is 22.7. The summed E-state index contributed by atoms with van der Waals surface area (Å²) in [6, 6.07) is 0. The van der Waals surface area contributed by atoms with Crippen LogP contribution in [0.5, 0.6) is 0 Å². The lowest BCUT2D eigenvalue weighted by molar-refractivity contribution is -0.148. The maximum absolute atomic E-state index is 11.0. The summed E-state index contributed by atoms with van der Waals surface area (Å²) in [6.07, 6.45) is 2.58. The number of ether oxygens (including phenoxy) is 1. The summed E-state index contributed by atoms with van der Waals surface area (Å²) in [6.45, 7) is 9.61. The van der Waals surface area contributed by atoms with Gasteiger partial charge < -0.3 is 14.7 Å². The fraction of sp³-hybridized carbons (Fsp3) is 0.857. The first kappa shape index (κ1) is 17.9. The van der Waals surface area contributed by atoms with E-state index in [0.717, 1.165) is 32.4 Å². The molecule has 0 aromatic heterocycles. The number of carboxylic acids is 1. The molecule has 0 aromatic rings. The Morgan fingerprint density at radius 2 is 2.05 bits per heavy atom. The molecule has 0 amide bonds. The highest BCUT2D eigenvalue weighted by atomic mass is 16.5. The van der Waals surface area contributed by atoms with E-state index in [1.165, 1.54) is 0 Å². The maximum Gasteiger partial charge on any atom is 0.310 e. The van der Waals surface area contributed by atoms with Crippen LogP contribution in [0.1, 0.15) is 47.0 Å². The molecule has 1 saturated heterocycles. The number of likely N-dealkylation sites (tertiary alicyclic amines) is 1. The van der Waals surface area contributed by atoms with Gasteiger partial charge in [-0.15, -0.1) is 0 Å². The average molecular weight is 273 g/mol. The smallest absolute Gasteiger partial charge is 0.310 e. The number of carbonyl (C=O) groups excluding carboxylic acids is 1. The minimum Gasteiger partial charge on any atom is -0.481 e. The minimum absolute atomic E-state index is 0.318. The Hall–Kier alpha value is -1.10. The van der Waals surface area contributed by atoms with E-state index >= 15 is 0 Å². The fourth-order valence-corrected chi connectivity index (χ4v) is 2.19. The molecule has 1 aliphatic heterocycles. The van der Waals surface area contributed by atoms with Crippen molar-refractivity contribution < 1.29 is 19.4 Å². The Balaban J connectivity index is 0.000000399. The van der Waals surface area contributed by atoms with Crippen LogP contribution < -0.4 is 0 Å². The standard InChI is InChI=1S/C9H17NO2.C5H10O2/c1-3-4-9(8(11)12)5-6-10(2)7-9;1-5(2,3)7-4-6/h3-7H2,1-2H3,(H,11,12);4H,1-3H3. The Bertz CT molecular complexity index is 294. The predicted octanol–water partition coefficient (Wildman–Crippen LogP) is 2.15. The first-order chi connectivity index (χ1) is 8.67.